The topological polar surface area (TPSA) is 51.2 Å². The molecule has 3 heterocycles. The predicted molar refractivity (Wildman–Crippen MR) is 98.1 cm³/mol. The predicted octanol–water partition coefficient (Wildman–Crippen LogP) is 4.28. The largest absolute Gasteiger partial charge is 0.493 e. The van der Waals surface area contributed by atoms with Crippen molar-refractivity contribution in [3.05, 3.63) is 51.5 Å². The molecule has 25 heavy (non-hydrogen) atoms. The van der Waals surface area contributed by atoms with Gasteiger partial charge in [-0.05, 0) is 17.9 Å². The van der Waals surface area contributed by atoms with Crippen LogP contribution in [0.25, 0.3) is 0 Å². The summed E-state index contributed by atoms with van der Waals surface area (Å²) in [7, 11) is 0. The minimum atomic E-state index is -0.417. The molecule has 2 aromatic rings. The Labute approximate surface area is 150 Å². The molecule has 2 aliphatic heterocycles. The molecule has 0 fully saturated rings. The van der Waals surface area contributed by atoms with Crippen molar-refractivity contribution in [1.82, 2.24) is 4.98 Å². The number of ether oxygens (including phenoxy) is 1. The molecule has 0 saturated carbocycles. The molecule has 0 amide bonds. The Morgan fingerprint density at radius 2 is 2.08 bits per heavy atom. The molecule has 1 atom stereocenters. The van der Waals surface area contributed by atoms with Crippen LogP contribution in [0.1, 0.15) is 43.6 Å². The third kappa shape index (κ3) is 1.99. The third-order valence-corrected chi connectivity index (χ3v) is 6.60. The molecule has 5 heteroatoms. The lowest BCUT2D eigenvalue weighted by atomic mass is 9.61. The molecule has 0 bridgehead atoms. The van der Waals surface area contributed by atoms with E-state index in [0.717, 1.165) is 46.1 Å². The molecule has 0 radical (unpaired) electrons. The van der Waals surface area contributed by atoms with Crippen molar-refractivity contribution in [3.63, 3.8) is 0 Å². The molecule has 5 rings (SSSR count). The molecule has 4 nitrogen and oxygen atoms in total. The van der Waals surface area contributed by atoms with E-state index in [0.29, 0.717) is 13.0 Å². The summed E-state index contributed by atoms with van der Waals surface area (Å²) in [5.41, 5.74) is 4.54. The van der Waals surface area contributed by atoms with Crippen LogP contribution in [0, 0.1) is 5.41 Å². The molecule has 1 spiro atoms. The number of carbonyl (C=O) groups excluding carboxylic acids is 1. The standard InChI is InChI=1S/C20H20N2O2S/c1-19(2)9-13-16(14(23)10-19)20(17-18(22-13)21-11-25-17)7-8-24-15-6-4-3-5-12(15)20/h3-6,11,22H,7-10H2,1-2H3. The summed E-state index contributed by atoms with van der Waals surface area (Å²) >= 11 is 1.64. The van der Waals surface area contributed by atoms with Crippen molar-refractivity contribution < 1.29 is 9.53 Å². The van der Waals surface area contributed by atoms with E-state index in [4.69, 9.17) is 4.74 Å². The van der Waals surface area contributed by atoms with Gasteiger partial charge in [0, 0.05) is 29.7 Å². The Balaban J connectivity index is 1.84. The number of benzene rings is 1. The molecule has 1 N–H and O–H groups in total. The van der Waals surface area contributed by atoms with Crippen molar-refractivity contribution in [2.24, 2.45) is 5.41 Å². The van der Waals surface area contributed by atoms with E-state index in [1.165, 1.54) is 0 Å². The number of nitrogens with one attached hydrogen (secondary N) is 1. The highest BCUT2D eigenvalue weighted by Crippen LogP contribution is 2.57. The fourth-order valence-corrected chi connectivity index (χ4v) is 5.70. The van der Waals surface area contributed by atoms with Gasteiger partial charge >= 0.3 is 0 Å². The fraction of sp³-hybridized carbons (Fsp3) is 0.400. The Kier molecular flexibility index (Phi) is 2.99. The number of anilines is 1. The smallest absolute Gasteiger partial charge is 0.162 e. The number of allylic oxidation sites excluding steroid dienone is 2. The third-order valence-electron chi connectivity index (χ3n) is 5.61. The molecule has 128 valence electrons. The highest BCUT2D eigenvalue weighted by Gasteiger charge is 2.53. The van der Waals surface area contributed by atoms with Crippen LogP contribution in [0.2, 0.25) is 0 Å². The lowest BCUT2D eigenvalue weighted by Gasteiger charge is -2.46. The van der Waals surface area contributed by atoms with Crippen LogP contribution in [0.15, 0.2) is 41.0 Å². The second kappa shape index (κ2) is 4.94. The zero-order chi connectivity index (χ0) is 17.2. The maximum absolute atomic E-state index is 13.3. The SMILES string of the molecule is CC1(C)CC(=O)C2=C(C1)Nc1ncsc1C21CCOc2ccccc21. The van der Waals surface area contributed by atoms with Crippen molar-refractivity contribution in [1.29, 1.82) is 0 Å². The number of hydrogen-bond donors (Lipinski definition) is 1. The summed E-state index contributed by atoms with van der Waals surface area (Å²) in [5.74, 6) is 2.06. The lowest BCUT2D eigenvalue weighted by molar-refractivity contribution is -0.118. The van der Waals surface area contributed by atoms with Crippen LogP contribution >= 0.6 is 11.3 Å². The summed E-state index contributed by atoms with van der Waals surface area (Å²) in [6.45, 7) is 4.94. The number of nitrogens with zero attached hydrogens (tertiary/aromatic N) is 1. The molecule has 1 aliphatic carbocycles. The number of Topliss-reactive ketones (excluding diaryl/α,β-unsaturated/α-hetero) is 1. The van der Waals surface area contributed by atoms with Crippen molar-refractivity contribution >= 4 is 22.9 Å². The second-order valence-electron chi connectivity index (χ2n) is 7.95. The maximum atomic E-state index is 13.3. The minimum Gasteiger partial charge on any atom is -0.493 e. The van der Waals surface area contributed by atoms with Gasteiger partial charge in [0.05, 0.1) is 22.4 Å². The summed E-state index contributed by atoms with van der Waals surface area (Å²) < 4.78 is 5.93. The van der Waals surface area contributed by atoms with Gasteiger partial charge in [-0.25, -0.2) is 4.98 Å². The van der Waals surface area contributed by atoms with Crippen LogP contribution in [0.3, 0.4) is 0 Å². The van der Waals surface area contributed by atoms with Crippen molar-refractivity contribution in [3.8, 4) is 5.75 Å². The van der Waals surface area contributed by atoms with E-state index in [9.17, 15) is 4.79 Å². The van der Waals surface area contributed by atoms with Gasteiger partial charge in [0.2, 0.25) is 0 Å². The number of fused-ring (bicyclic) bond motifs is 5. The number of para-hydroxylation sites is 1. The maximum Gasteiger partial charge on any atom is 0.162 e. The van der Waals surface area contributed by atoms with E-state index in [1.807, 2.05) is 23.7 Å². The molecular formula is C20H20N2O2S. The van der Waals surface area contributed by atoms with E-state index >= 15 is 0 Å². The normalized spacial score (nSPS) is 26.4. The van der Waals surface area contributed by atoms with Crippen LogP contribution < -0.4 is 10.1 Å². The molecule has 1 aromatic carbocycles. The van der Waals surface area contributed by atoms with Crippen LogP contribution in [-0.4, -0.2) is 17.4 Å². The number of hydrogen-bond acceptors (Lipinski definition) is 5. The monoisotopic (exact) mass is 352 g/mol. The molecule has 3 aliphatic rings. The first-order valence-electron chi connectivity index (χ1n) is 8.71. The number of thiazole rings is 1. The number of aromatic nitrogens is 1. The highest BCUT2D eigenvalue weighted by molar-refractivity contribution is 7.10. The van der Waals surface area contributed by atoms with Crippen LogP contribution in [0.5, 0.6) is 5.75 Å². The van der Waals surface area contributed by atoms with Gasteiger partial charge in [0.25, 0.3) is 0 Å². The second-order valence-corrected chi connectivity index (χ2v) is 8.80. The van der Waals surface area contributed by atoms with Gasteiger partial charge in [0.1, 0.15) is 11.6 Å². The Hall–Kier alpha value is -2.14. The van der Waals surface area contributed by atoms with Gasteiger partial charge in [-0.15, -0.1) is 11.3 Å². The van der Waals surface area contributed by atoms with Gasteiger partial charge in [-0.3, -0.25) is 4.79 Å². The number of carbonyl (C=O) groups is 1. The van der Waals surface area contributed by atoms with Gasteiger partial charge in [-0.1, -0.05) is 32.0 Å². The van der Waals surface area contributed by atoms with E-state index < -0.39 is 5.41 Å². The first kappa shape index (κ1) is 15.1. The van der Waals surface area contributed by atoms with Crippen molar-refractivity contribution in [2.75, 3.05) is 11.9 Å². The van der Waals surface area contributed by atoms with Gasteiger partial charge in [-0.2, -0.15) is 0 Å². The Bertz CT molecular complexity index is 927. The Morgan fingerprint density at radius 3 is 2.96 bits per heavy atom. The van der Waals surface area contributed by atoms with E-state index in [1.54, 1.807) is 11.3 Å². The Morgan fingerprint density at radius 1 is 1.24 bits per heavy atom. The molecule has 1 aromatic heterocycles. The first-order chi connectivity index (χ1) is 12.0. The average molecular weight is 352 g/mol. The first-order valence-corrected chi connectivity index (χ1v) is 9.59. The average Bonchev–Trinajstić information content (AvgIpc) is 3.02. The van der Waals surface area contributed by atoms with E-state index in [-0.39, 0.29) is 11.2 Å². The lowest BCUT2D eigenvalue weighted by Crippen LogP contribution is -2.45. The zero-order valence-electron chi connectivity index (χ0n) is 14.4. The summed E-state index contributed by atoms with van der Waals surface area (Å²) in [4.78, 5) is 19.0. The highest BCUT2D eigenvalue weighted by atomic mass is 32.1. The van der Waals surface area contributed by atoms with E-state index in [2.05, 4.69) is 30.2 Å². The summed E-state index contributed by atoms with van der Waals surface area (Å²) in [6.07, 6.45) is 2.24. The van der Waals surface area contributed by atoms with Crippen LogP contribution in [-0.2, 0) is 10.2 Å². The van der Waals surface area contributed by atoms with Gasteiger partial charge < -0.3 is 10.1 Å². The molecule has 1 unspecified atom stereocenters. The summed E-state index contributed by atoms with van der Waals surface area (Å²) in [6, 6.07) is 8.15. The van der Waals surface area contributed by atoms with Gasteiger partial charge in [0.15, 0.2) is 5.78 Å². The fourth-order valence-electron chi connectivity index (χ4n) is 4.71. The number of ketones is 1. The van der Waals surface area contributed by atoms with Crippen molar-refractivity contribution in [2.45, 2.75) is 38.5 Å². The minimum absolute atomic E-state index is 0.0255. The quantitative estimate of drug-likeness (QED) is 0.769. The molecule has 0 saturated heterocycles. The zero-order valence-corrected chi connectivity index (χ0v) is 15.2. The number of rotatable bonds is 0. The molecular weight excluding hydrogens is 332 g/mol. The summed E-state index contributed by atoms with van der Waals surface area (Å²) in [5, 5.41) is 3.48. The van der Waals surface area contributed by atoms with Crippen LogP contribution in [0.4, 0.5) is 5.82 Å².